The maximum Gasteiger partial charge on any atom is 0.412 e. The van der Waals surface area contributed by atoms with Gasteiger partial charge in [0.25, 0.3) is 0 Å². The van der Waals surface area contributed by atoms with E-state index in [2.05, 4.69) is 15.4 Å². The number of fused-ring (bicyclic) bond motifs is 1. The summed E-state index contributed by atoms with van der Waals surface area (Å²) in [5, 5.41) is 7.00. The maximum atomic E-state index is 11.9. The highest BCUT2D eigenvalue weighted by Gasteiger charge is 2.17. The van der Waals surface area contributed by atoms with Gasteiger partial charge in [0.05, 0.1) is 16.9 Å². The van der Waals surface area contributed by atoms with E-state index in [0.29, 0.717) is 27.9 Å². The molecule has 0 aliphatic carbocycles. The van der Waals surface area contributed by atoms with E-state index < -0.39 is 11.7 Å². The van der Waals surface area contributed by atoms with Crippen LogP contribution >= 0.6 is 11.6 Å². The van der Waals surface area contributed by atoms with Crippen molar-refractivity contribution in [2.45, 2.75) is 26.4 Å². The summed E-state index contributed by atoms with van der Waals surface area (Å²) in [5.74, 6) is 1.18. The fourth-order valence-electron chi connectivity index (χ4n) is 2.16. The predicted molar refractivity (Wildman–Crippen MR) is 98.8 cm³/mol. The van der Waals surface area contributed by atoms with Crippen LogP contribution in [-0.4, -0.2) is 26.3 Å². The van der Waals surface area contributed by atoms with E-state index in [1.54, 1.807) is 57.3 Å². The van der Waals surface area contributed by atoms with Gasteiger partial charge in [0.15, 0.2) is 5.65 Å². The molecule has 8 nitrogen and oxygen atoms in total. The van der Waals surface area contributed by atoms with Crippen molar-refractivity contribution in [1.29, 1.82) is 0 Å². The number of pyridine rings is 1. The monoisotopic (exact) mass is 375 g/mol. The SMILES string of the molecule is CC(C)(C)OC(=O)Nc1cc(Oc2ccc3nc(N)nn3c2)ccc1Cl. The second kappa shape index (κ2) is 6.72. The van der Waals surface area contributed by atoms with Crippen LogP contribution in [0.25, 0.3) is 5.65 Å². The van der Waals surface area contributed by atoms with Crippen molar-refractivity contribution in [3.05, 3.63) is 41.6 Å². The fraction of sp³-hybridized carbons (Fsp3) is 0.235. The molecule has 0 atom stereocenters. The largest absolute Gasteiger partial charge is 0.456 e. The molecule has 2 heterocycles. The Bertz CT molecular complexity index is 965. The summed E-state index contributed by atoms with van der Waals surface area (Å²) in [4.78, 5) is 16.0. The molecule has 0 fully saturated rings. The van der Waals surface area contributed by atoms with Gasteiger partial charge in [0, 0.05) is 6.07 Å². The van der Waals surface area contributed by atoms with Gasteiger partial charge >= 0.3 is 6.09 Å². The zero-order valence-electron chi connectivity index (χ0n) is 14.5. The first-order chi connectivity index (χ1) is 12.2. The van der Waals surface area contributed by atoms with E-state index >= 15 is 0 Å². The minimum atomic E-state index is -0.611. The van der Waals surface area contributed by atoms with E-state index in [4.69, 9.17) is 26.8 Å². The van der Waals surface area contributed by atoms with Crippen molar-refractivity contribution >= 4 is 35.0 Å². The summed E-state index contributed by atoms with van der Waals surface area (Å²) >= 11 is 6.13. The summed E-state index contributed by atoms with van der Waals surface area (Å²) in [6, 6.07) is 8.37. The molecule has 2 aromatic heterocycles. The number of carbonyl (C=O) groups excluding carboxylic acids is 1. The number of benzene rings is 1. The van der Waals surface area contributed by atoms with Crippen LogP contribution in [0.4, 0.5) is 16.4 Å². The van der Waals surface area contributed by atoms with Gasteiger partial charge in [-0.25, -0.2) is 9.31 Å². The van der Waals surface area contributed by atoms with Crippen LogP contribution in [0.3, 0.4) is 0 Å². The summed E-state index contributed by atoms with van der Waals surface area (Å²) in [5.41, 5.74) is 5.95. The lowest BCUT2D eigenvalue weighted by molar-refractivity contribution is 0.0636. The van der Waals surface area contributed by atoms with Crippen molar-refractivity contribution in [3.8, 4) is 11.5 Å². The number of amides is 1. The van der Waals surface area contributed by atoms with Crippen LogP contribution in [0.5, 0.6) is 11.5 Å². The third kappa shape index (κ3) is 4.34. The average Bonchev–Trinajstić information content (AvgIpc) is 2.88. The molecule has 0 unspecified atom stereocenters. The zero-order chi connectivity index (χ0) is 18.9. The smallest absolute Gasteiger partial charge is 0.412 e. The molecule has 0 aliphatic rings. The van der Waals surface area contributed by atoms with Gasteiger partial charge in [-0.05, 0) is 45.0 Å². The van der Waals surface area contributed by atoms with Crippen molar-refractivity contribution in [2.24, 2.45) is 0 Å². The Morgan fingerprint density at radius 2 is 1.96 bits per heavy atom. The zero-order valence-corrected chi connectivity index (χ0v) is 15.2. The lowest BCUT2D eigenvalue weighted by Crippen LogP contribution is -2.27. The Labute approximate surface area is 154 Å². The summed E-state index contributed by atoms with van der Waals surface area (Å²) < 4.78 is 12.5. The molecule has 0 saturated carbocycles. The standard InChI is InChI=1S/C17H18ClN5O3/c1-17(2,3)26-16(24)20-13-8-10(4-6-12(13)18)25-11-5-7-14-21-15(19)22-23(14)9-11/h4-9H,1-3H3,(H2,19,22)(H,20,24). The Hall–Kier alpha value is -3.00. The van der Waals surface area contributed by atoms with E-state index in [1.807, 2.05) is 0 Å². The first kappa shape index (κ1) is 17.8. The van der Waals surface area contributed by atoms with Crippen LogP contribution in [0.2, 0.25) is 5.02 Å². The third-order valence-electron chi connectivity index (χ3n) is 3.13. The fourth-order valence-corrected chi connectivity index (χ4v) is 2.32. The Morgan fingerprint density at radius 1 is 1.23 bits per heavy atom. The highest BCUT2D eigenvalue weighted by atomic mass is 35.5. The van der Waals surface area contributed by atoms with Crippen LogP contribution in [0.1, 0.15) is 20.8 Å². The molecule has 0 bridgehead atoms. The van der Waals surface area contributed by atoms with Gasteiger partial charge < -0.3 is 15.2 Å². The Morgan fingerprint density at radius 3 is 2.69 bits per heavy atom. The van der Waals surface area contributed by atoms with Crippen molar-refractivity contribution in [1.82, 2.24) is 14.6 Å². The van der Waals surface area contributed by atoms with E-state index in [0.717, 1.165) is 0 Å². The van der Waals surface area contributed by atoms with Gasteiger partial charge in [0.1, 0.15) is 17.1 Å². The normalized spacial score (nSPS) is 11.4. The summed E-state index contributed by atoms with van der Waals surface area (Å²) in [6.07, 6.45) is 1.05. The molecule has 0 saturated heterocycles. The quantitative estimate of drug-likeness (QED) is 0.714. The second-order valence-electron chi connectivity index (χ2n) is 6.51. The van der Waals surface area contributed by atoms with Crippen LogP contribution in [-0.2, 0) is 4.74 Å². The number of halogens is 1. The summed E-state index contributed by atoms with van der Waals surface area (Å²) in [6.45, 7) is 5.34. The summed E-state index contributed by atoms with van der Waals surface area (Å²) in [7, 11) is 0. The molecule has 136 valence electrons. The first-order valence-electron chi connectivity index (χ1n) is 7.79. The maximum absolute atomic E-state index is 11.9. The van der Waals surface area contributed by atoms with Crippen LogP contribution in [0.15, 0.2) is 36.5 Å². The van der Waals surface area contributed by atoms with Gasteiger partial charge in [0.2, 0.25) is 5.95 Å². The number of rotatable bonds is 3. The van der Waals surface area contributed by atoms with Gasteiger partial charge in [-0.1, -0.05) is 11.6 Å². The Balaban J connectivity index is 1.78. The molecule has 0 aliphatic heterocycles. The average molecular weight is 376 g/mol. The predicted octanol–water partition coefficient (Wildman–Crippen LogP) is 4.10. The number of nitrogens with two attached hydrogens (primary N) is 1. The van der Waals surface area contributed by atoms with Gasteiger partial charge in [-0.15, -0.1) is 5.10 Å². The molecular formula is C17H18ClN5O3. The number of nitrogens with zero attached hydrogens (tertiary/aromatic N) is 3. The topological polar surface area (TPSA) is 104 Å². The number of nitrogens with one attached hydrogen (secondary N) is 1. The first-order valence-corrected chi connectivity index (χ1v) is 8.17. The number of hydrogen-bond acceptors (Lipinski definition) is 6. The van der Waals surface area contributed by atoms with Gasteiger partial charge in [-0.3, -0.25) is 5.32 Å². The molecule has 1 amide bonds. The molecule has 3 N–H and O–H groups in total. The van der Waals surface area contributed by atoms with E-state index in [9.17, 15) is 4.79 Å². The number of hydrogen-bond donors (Lipinski definition) is 2. The number of nitrogen functional groups attached to an aromatic ring is 1. The minimum absolute atomic E-state index is 0.178. The number of anilines is 2. The minimum Gasteiger partial charge on any atom is -0.456 e. The molecular weight excluding hydrogens is 358 g/mol. The lowest BCUT2D eigenvalue weighted by Gasteiger charge is -2.20. The highest BCUT2D eigenvalue weighted by Crippen LogP contribution is 2.30. The van der Waals surface area contributed by atoms with Crippen LogP contribution in [0, 0.1) is 0 Å². The molecule has 26 heavy (non-hydrogen) atoms. The van der Waals surface area contributed by atoms with Crippen LogP contribution < -0.4 is 15.8 Å². The Kier molecular flexibility index (Phi) is 4.60. The second-order valence-corrected chi connectivity index (χ2v) is 6.92. The van der Waals surface area contributed by atoms with Gasteiger partial charge in [-0.2, -0.15) is 4.98 Å². The lowest BCUT2D eigenvalue weighted by atomic mass is 10.2. The number of aromatic nitrogens is 3. The molecule has 0 radical (unpaired) electrons. The third-order valence-corrected chi connectivity index (χ3v) is 3.46. The molecule has 3 aromatic rings. The highest BCUT2D eigenvalue weighted by molar-refractivity contribution is 6.33. The van der Waals surface area contributed by atoms with E-state index in [-0.39, 0.29) is 5.95 Å². The number of carbonyl (C=O) groups is 1. The number of ether oxygens (including phenoxy) is 2. The van der Waals surface area contributed by atoms with Crippen molar-refractivity contribution in [2.75, 3.05) is 11.1 Å². The van der Waals surface area contributed by atoms with Crippen molar-refractivity contribution in [3.63, 3.8) is 0 Å². The molecule has 0 spiro atoms. The molecule has 9 heteroatoms. The molecule has 1 aromatic carbocycles. The molecule has 3 rings (SSSR count). The van der Waals surface area contributed by atoms with E-state index in [1.165, 1.54) is 4.52 Å². The van der Waals surface area contributed by atoms with Crippen molar-refractivity contribution < 1.29 is 14.3 Å².